The van der Waals surface area contributed by atoms with E-state index < -0.39 is 0 Å². The van der Waals surface area contributed by atoms with E-state index >= 15 is 0 Å². The molecule has 118 valence electrons. The van der Waals surface area contributed by atoms with E-state index in [0.717, 1.165) is 31.3 Å². The number of likely N-dealkylation sites (N-methyl/N-ethyl adjacent to an activating group) is 1. The topological polar surface area (TPSA) is 56.7 Å². The number of carbonyl (C=O) groups is 1. The van der Waals surface area contributed by atoms with Crippen molar-refractivity contribution in [3.8, 4) is 0 Å². The van der Waals surface area contributed by atoms with Gasteiger partial charge >= 0.3 is 0 Å². The van der Waals surface area contributed by atoms with Gasteiger partial charge in [-0.3, -0.25) is 4.79 Å². The molecule has 0 radical (unpaired) electrons. The van der Waals surface area contributed by atoms with Crippen molar-refractivity contribution >= 4 is 11.9 Å². The van der Waals surface area contributed by atoms with E-state index in [-0.39, 0.29) is 12.5 Å². The van der Waals surface area contributed by atoms with Crippen molar-refractivity contribution in [2.75, 3.05) is 27.2 Å². The van der Waals surface area contributed by atoms with Crippen LogP contribution in [-0.2, 0) is 4.79 Å². The summed E-state index contributed by atoms with van der Waals surface area (Å²) in [6.07, 6.45) is 3.33. The summed E-state index contributed by atoms with van der Waals surface area (Å²) in [4.78, 5) is 17.5. The normalized spacial score (nSPS) is 13.2. The summed E-state index contributed by atoms with van der Waals surface area (Å²) in [7, 11) is 3.49. The van der Waals surface area contributed by atoms with Gasteiger partial charge in [-0.05, 0) is 32.1 Å². The van der Waals surface area contributed by atoms with Gasteiger partial charge in [0.15, 0.2) is 5.96 Å². The maximum absolute atomic E-state index is 11.6. The number of nitrogens with one attached hydrogen (secondary N) is 2. The first-order chi connectivity index (χ1) is 9.36. The van der Waals surface area contributed by atoms with Crippen LogP contribution >= 0.6 is 0 Å². The van der Waals surface area contributed by atoms with E-state index in [0.29, 0.717) is 6.04 Å². The average molecular weight is 284 g/mol. The molecule has 0 saturated heterocycles. The van der Waals surface area contributed by atoms with Gasteiger partial charge in [-0.2, -0.15) is 0 Å². The summed E-state index contributed by atoms with van der Waals surface area (Å²) in [6.45, 7) is 9.75. The molecule has 0 heterocycles. The Morgan fingerprint density at radius 2 is 1.90 bits per heavy atom. The molecule has 2 N–H and O–H groups in total. The molecule has 0 aliphatic carbocycles. The average Bonchev–Trinajstić information content (AvgIpc) is 2.39. The highest BCUT2D eigenvalue weighted by Crippen LogP contribution is 2.01. The maximum atomic E-state index is 11.6. The molecule has 5 nitrogen and oxygen atoms in total. The van der Waals surface area contributed by atoms with Crippen LogP contribution in [0.4, 0.5) is 0 Å². The number of hydrogen-bond donors (Lipinski definition) is 2. The Bertz CT molecular complexity index is 300. The second-order valence-corrected chi connectivity index (χ2v) is 5.87. The number of amides is 1. The minimum Gasteiger partial charge on any atom is -0.356 e. The Labute approximate surface area is 124 Å². The monoisotopic (exact) mass is 284 g/mol. The van der Waals surface area contributed by atoms with Crippen LogP contribution in [0.2, 0.25) is 0 Å². The zero-order chi connectivity index (χ0) is 15.5. The standard InChI is InChI=1S/C15H32N4O/c1-7-13(4)18-15(16-10-8-9-12(2)3)17-11-14(20)19(5)6/h12-13H,7-11H2,1-6H3,(H2,16,17,18). The van der Waals surface area contributed by atoms with Crippen molar-refractivity contribution < 1.29 is 4.79 Å². The number of guanidine groups is 1. The zero-order valence-corrected chi connectivity index (χ0v) is 14.0. The van der Waals surface area contributed by atoms with E-state index in [1.54, 1.807) is 19.0 Å². The largest absolute Gasteiger partial charge is 0.356 e. The molecular weight excluding hydrogens is 252 g/mol. The highest BCUT2D eigenvalue weighted by atomic mass is 16.2. The predicted molar refractivity (Wildman–Crippen MR) is 86.0 cm³/mol. The van der Waals surface area contributed by atoms with Crippen LogP contribution in [-0.4, -0.2) is 50.0 Å². The number of hydrogen-bond acceptors (Lipinski definition) is 2. The number of aliphatic imine (C=N–C) groups is 1. The fraction of sp³-hybridized carbons (Fsp3) is 0.867. The van der Waals surface area contributed by atoms with Gasteiger partial charge in [-0.15, -0.1) is 0 Å². The lowest BCUT2D eigenvalue weighted by molar-refractivity contribution is -0.127. The maximum Gasteiger partial charge on any atom is 0.243 e. The Morgan fingerprint density at radius 3 is 2.40 bits per heavy atom. The van der Waals surface area contributed by atoms with E-state index in [4.69, 9.17) is 0 Å². The summed E-state index contributed by atoms with van der Waals surface area (Å²) in [6, 6.07) is 0.348. The van der Waals surface area contributed by atoms with Crippen LogP contribution in [0.3, 0.4) is 0 Å². The molecule has 0 aliphatic rings. The molecule has 0 saturated carbocycles. The highest BCUT2D eigenvalue weighted by Gasteiger charge is 2.06. The van der Waals surface area contributed by atoms with Gasteiger partial charge in [0, 0.05) is 26.7 Å². The molecule has 20 heavy (non-hydrogen) atoms. The lowest BCUT2D eigenvalue weighted by atomic mass is 10.1. The van der Waals surface area contributed by atoms with E-state index in [1.165, 1.54) is 6.42 Å². The molecule has 1 unspecified atom stereocenters. The first kappa shape index (κ1) is 18.7. The molecule has 0 bridgehead atoms. The molecule has 0 rings (SSSR count). The quantitative estimate of drug-likeness (QED) is 0.406. The van der Waals surface area contributed by atoms with Gasteiger partial charge in [0.2, 0.25) is 5.91 Å². The van der Waals surface area contributed by atoms with Crippen molar-refractivity contribution in [3.63, 3.8) is 0 Å². The lowest BCUT2D eigenvalue weighted by Crippen LogP contribution is -2.43. The molecule has 1 amide bonds. The molecule has 1 atom stereocenters. The van der Waals surface area contributed by atoms with Crippen LogP contribution < -0.4 is 10.6 Å². The molecule has 0 aromatic rings. The van der Waals surface area contributed by atoms with Gasteiger partial charge in [0.1, 0.15) is 6.54 Å². The first-order valence-electron chi connectivity index (χ1n) is 7.61. The van der Waals surface area contributed by atoms with Crippen LogP contribution in [0.15, 0.2) is 4.99 Å². The Balaban J connectivity index is 4.32. The summed E-state index contributed by atoms with van der Waals surface area (Å²) in [5.74, 6) is 1.46. The molecule has 0 aromatic carbocycles. The van der Waals surface area contributed by atoms with Gasteiger partial charge in [-0.25, -0.2) is 4.99 Å². The Kier molecular flexibility index (Phi) is 9.86. The second-order valence-electron chi connectivity index (χ2n) is 5.87. The van der Waals surface area contributed by atoms with Crippen molar-refractivity contribution in [1.29, 1.82) is 0 Å². The minimum absolute atomic E-state index is 0.0115. The van der Waals surface area contributed by atoms with Crippen molar-refractivity contribution in [2.24, 2.45) is 10.9 Å². The van der Waals surface area contributed by atoms with E-state index in [1.807, 2.05) is 0 Å². The van der Waals surface area contributed by atoms with Gasteiger partial charge in [0.25, 0.3) is 0 Å². The zero-order valence-electron chi connectivity index (χ0n) is 14.0. The molecule has 0 fully saturated rings. The van der Waals surface area contributed by atoms with Gasteiger partial charge < -0.3 is 15.5 Å². The third-order valence-electron chi connectivity index (χ3n) is 3.12. The Morgan fingerprint density at radius 1 is 1.25 bits per heavy atom. The van der Waals surface area contributed by atoms with Crippen molar-refractivity contribution in [3.05, 3.63) is 0 Å². The minimum atomic E-state index is 0.0115. The van der Waals surface area contributed by atoms with Crippen LogP contribution in [0.25, 0.3) is 0 Å². The summed E-state index contributed by atoms with van der Waals surface area (Å²) >= 11 is 0. The summed E-state index contributed by atoms with van der Waals surface area (Å²) in [5.41, 5.74) is 0. The SMILES string of the molecule is CCC(C)NC(=NCC(=O)N(C)C)NCCCC(C)C. The Hall–Kier alpha value is -1.26. The van der Waals surface area contributed by atoms with E-state index in [9.17, 15) is 4.79 Å². The smallest absolute Gasteiger partial charge is 0.243 e. The lowest BCUT2D eigenvalue weighted by Gasteiger charge is -2.17. The van der Waals surface area contributed by atoms with Crippen LogP contribution in [0.5, 0.6) is 0 Å². The first-order valence-corrected chi connectivity index (χ1v) is 7.61. The third-order valence-corrected chi connectivity index (χ3v) is 3.12. The van der Waals surface area contributed by atoms with Gasteiger partial charge in [-0.1, -0.05) is 20.8 Å². The second kappa shape index (κ2) is 10.5. The third kappa shape index (κ3) is 9.64. The molecule has 5 heteroatoms. The number of nitrogens with zero attached hydrogens (tertiary/aromatic N) is 2. The van der Waals surface area contributed by atoms with Crippen molar-refractivity contribution in [1.82, 2.24) is 15.5 Å². The summed E-state index contributed by atoms with van der Waals surface area (Å²) in [5, 5.41) is 6.62. The fourth-order valence-electron chi connectivity index (χ4n) is 1.49. The predicted octanol–water partition coefficient (Wildman–Crippen LogP) is 1.84. The molecule has 0 spiro atoms. The molecule has 0 aliphatic heterocycles. The van der Waals surface area contributed by atoms with Crippen LogP contribution in [0.1, 0.15) is 47.0 Å². The molecule has 0 aromatic heterocycles. The van der Waals surface area contributed by atoms with Crippen molar-refractivity contribution in [2.45, 2.75) is 53.0 Å². The fourth-order valence-corrected chi connectivity index (χ4v) is 1.49. The van der Waals surface area contributed by atoms with E-state index in [2.05, 4.69) is 43.3 Å². The summed E-state index contributed by atoms with van der Waals surface area (Å²) < 4.78 is 0. The van der Waals surface area contributed by atoms with Crippen LogP contribution in [0, 0.1) is 5.92 Å². The van der Waals surface area contributed by atoms with Gasteiger partial charge in [0.05, 0.1) is 0 Å². The number of rotatable bonds is 8. The highest BCUT2D eigenvalue weighted by molar-refractivity contribution is 5.84. The number of carbonyl (C=O) groups excluding carboxylic acids is 1. The molecular formula is C15H32N4O.